The van der Waals surface area contributed by atoms with E-state index in [0.29, 0.717) is 17.8 Å². The second-order valence-corrected chi connectivity index (χ2v) is 3.89. The van der Waals surface area contributed by atoms with Crippen LogP contribution in [0, 0.1) is 5.92 Å². The first kappa shape index (κ1) is 11.2. The van der Waals surface area contributed by atoms with Crippen LogP contribution < -0.4 is 0 Å². The summed E-state index contributed by atoms with van der Waals surface area (Å²) in [6.07, 6.45) is -0.211. The van der Waals surface area contributed by atoms with E-state index in [-0.39, 0.29) is 17.8 Å². The molecule has 0 aromatic heterocycles. The average Bonchev–Trinajstić information content (AvgIpc) is 2.19. The smallest absolute Gasteiger partial charge is 0.168 e. The molecular weight excluding hydrogens is 180 g/mol. The second-order valence-electron chi connectivity index (χ2n) is 3.89. The fraction of sp³-hybridized carbons (Fsp3) is 0.727. The number of hydrogen-bond acceptors (Lipinski definition) is 3. The molecule has 1 rings (SSSR count). The zero-order valence-electron chi connectivity index (χ0n) is 9.20. The zero-order chi connectivity index (χ0) is 10.9. The number of aliphatic hydroxyl groups excluding tert-OH is 1. The minimum atomic E-state index is -0.645. The number of ether oxygens (including phenoxy) is 1. The summed E-state index contributed by atoms with van der Waals surface area (Å²) in [5, 5.41) is 9.64. The molecule has 1 heterocycles. The predicted octanol–water partition coefficient (Wildman–Crippen LogP) is 1.66. The van der Waals surface area contributed by atoms with E-state index >= 15 is 0 Å². The molecule has 0 saturated heterocycles. The Morgan fingerprint density at radius 2 is 2.07 bits per heavy atom. The SMILES string of the molecule is CCC(O)C1=C(C)C(=O)C(C)C(C)O1. The van der Waals surface area contributed by atoms with Crippen molar-refractivity contribution in [1.29, 1.82) is 0 Å². The van der Waals surface area contributed by atoms with Gasteiger partial charge in [-0.2, -0.15) is 0 Å². The molecule has 14 heavy (non-hydrogen) atoms. The molecule has 1 aliphatic heterocycles. The average molecular weight is 198 g/mol. The minimum Gasteiger partial charge on any atom is -0.491 e. The highest BCUT2D eigenvalue weighted by molar-refractivity contribution is 5.98. The van der Waals surface area contributed by atoms with Crippen molar-refractivity contribution in [3.05, 3.63) is 11.3 Å². The molecule has 3 heteroatoms. The van der Waals surface area contributed by atoms with Gasteiger partial charge in [0.05, 0.1) is 5.92 Å². The molecule has 0 aromatic rings. The lowest BCUT2D eigenvalue weighted by atomic mass is 9.91. The van der Waals surface area contributed by atoms with Gasteiger partial charge in [-0.15, -0.1) is 0 Å². The van der Waals surface area contributed by atoms with Crippen molar-refractivity contribution in [1.82, 2.24) is 0 Å². The van der Waals surface area contributed by atoms with Crippen LogP contribution in [0.3, 0.4) is 0 Å². The topological polar surface area (TPSA) is 46.5 Å². The van der Waals surface area contributed by atoms with Gasteiger partial charge in [-0.3, -0.25) is 4.79 Å². The molecule has 0 aromatic carbocycles. The van der Waals surface area contributed by atoms with Crippen LogP contribution in [0.2, 0.25) is 0 Å². The van der Waals surface area contributed by atoms with Gasteiger partial charge in [-0.05, 0) is 20.3 Å². The van der Waals surface area contributed by atoms with Gasteiger partial charge >= 0.3 is 0 Å². The van der Waals surface area contributed by atoms with Gasteiger partial charge in [0.25, 0.3) is 0 Å². The third kappa shape index (κ3) is 1.82. The summed E-state index contributed by atoms with van der Waals surface area (Å²) in [5.41, 5.74) is 0.574. The normalized spacial score (nSPS) is 30.2. The number of rotatable bonds is 2. The van der Waals surface area contributed by atoms with Crippen LogP contribution >= 0.6 is 0 Å². The van der Waals surface area contributed by atoms with E-state index < -0.39 is 6.10 Å². The zero-order valence-corrected chi connectivity index (χ0v) is 9.20. The Balaban J connectivity index is 2.99. The molecule has 0 bridgehead atoms. The lowest BCUT2D eigenvalue weighted by Gasteiger charge is -2.30. The van der Waals surface area contributed by atoms with E-state index in [1.165, 1.54) is 0 Å². The first-order valence-corrected chi connectivity index (χ1v) is 5.08. The monoisotopic (exact) mass is 198 g/mol. The molecule has 0 spiro atoms. The van der Waals surface area contributed by atoms with Crippen LogP contribution in [-0.2, 0) is 9.53 Å². The van der Waals surface area contributed by atoms with Gasteiger partial charge < -0.3 is 9.84 Å². The van der Waals surface area contributed by atoms with E-state index in [9.17, 15) is 9.90 Å². The van der Waals surface area contributed by atoms with Gasteiger partial charge in [0.1, 0.15) is 18.0 Å². The summed E-state index contributed by atoms with van der Waals surface area (Å²) < 4.78 is 5.54. The van der Waals surface area contributed by atoms with E-state index in [1.807, 2.05) is 20.8 Å². The van der Waals surface area contributed by atoms with E-state index in [1.54, 1.807) is 6.92 Å². The van der Waals surface area contributed by atoms with Gasteiger partial charge in [-0.1, -0.05) is 13.8 Å². The van der Waals surface area contributed by atoms with Gasteiger partial charge in [0, 0.05) is 5.57 Å². The third-order valence-electron chi connectivity index (χ3n) is 2.86. The van der Waals surface area contributed by atoms with Crippen LogP contribution in [0.5, 0.6) is 0 Å². The maximum Gasteiger partial charge on any atom is 0.168 e. The lowest BCUT2D eigenvalue weighted by molar-refractivity contribution is -0.125. The Kier molecular flexibility index (Phi) is 3.32. The van der Waals surface area contributed by atoms with Crippen molar-refractivity contribution in [2.75, 3.05) is 0 Å². The minimum absolute atomic E-state index is 0.0891. The third-order valence-corrected chi connectivity index (χ3v) is 2.86. The van der Waals surface area contributed by atoms with Crippen molar-refractivity contribution in [3.63, 3.8) is 0 Å². The molecule has 0 fully saturated rings. The molecule has 3 unspecified atom stereocenters. The van der Waals surface area contributed by atoms with Crippen LogP contribution in [0.4, 0.5) is 0 Å². The maximum atomic E-state index is 11.7. The van der Waals surface area contributed by atoms with Crippen LogP contribution in [-0.4, -0.2) is 23.1 Å². The first-order valence-electron chi connectivity index (χ1n) is 5.08. The highest BCUT2D eigenvalue weighted by Crippen LogP contribution is 2.27. The Labute approximate surface area is 84.8 Å². The molecule has 0 saturated carbocycles. The lowest BCUT2D eigenvalue weighted by Crippen LogP contribution is -2.35. The molecule has 0 aliphatic carbocycles. The summed E-state index contributed by atoms with van der Waals surface area (Å²) in [7, 11) is 0. The standard InChI is InChI=1S/C11H18O3/c1-5-9(12)11-7(3)10(13)6(2)8(4)14-11/h6,8-9,12H,5H2,1-4H3. The first-order chi connectivity index (χ1) is 6.49. The fourth-order valence-electron chi connectivity index (χ4n) is 1.58. The number of allylic oxidation sites excluding steroid dienone is 1. The number of ketones is 1. The molecule has 1 N–H and O–H groups in total. The Bertz CT molecular complexity index is 268. The molecule has 3 nitrogen and oxygen atoms in total. The Morgan fingerprint density at radius 1 is 1.50 bits per heavy atom. The molecule has 0 radical (unpaired) electrons. The molecule has 3 atom stereocenters. The number of hydrogen-bond donors (Lipinski definition) is 1. The summed E-state index contributed by atoms with van der Waals surface area (Å²) in [4.78, 5) is 11.7. The van der Waals surface area contributed by atoms with Gasteiger partial charge in [0.2, 0.25) is 0 Å². The summed E-state index contributed by atoms with van der Waals surface area (Å²) >= 11 is 0. The van der Waals surface area contributed by atoms with Crippen LogP contribution in [0.15, 0.2) is 11.3 Å². The van der Waals surface area contributed by atoms with Crippen LogP contribution in [0.1, 0.15) is 34.1 Å². The maximum absolute atomic E-state index is 11.7. The quantitative estimate of drug-likeness (QED) is 0.734. The van der Waals surface area contributed by atoms with Crippen molar-refractivity contribution in [2.24, 2.45) is 5.92 Å². The van der Waals surface area contributed by atoms with Gasteiger partial charge in [0.15, 0.2) is 5.78 Å². The van der Waals surface area contributed by atoms with Crippen molar-refractivity contribution < 1.29 is 14.6 Å². The highest BCUT2D eigenvalue weighted by atomic mass is 16.5. The van der Waals surface area contributed by atoms with Crippen molar-refractivity contribution in [2.45, 2.75) is 46.3 Å². The molecule has 1 aliphatic rings. The Hall–Kier alpha value is -0.830. The molecular formula is C11H18O3. The predicted molar refractivity (Wildman–Crippen MR) is 53.7 cm³/mol. The number of aliphatic hydroxyl groups is 1. The van der Waals surface area contributed by atoms with E-state index in [4.69, 9.17) is 4.74 Å². The summed E-state index contributed by atoms with van der Waals surface area (Å²) in [5.74, 6) is 0.442. The van der Waals surface area contributed by atoms with E-state index in [2.05, 4.69) is 0 Å². The second kappa shape index (κ2) is 4.13. The highest BCUT2D eigenvalue weighted by Gasteiger charge is 2.33. The van der Waals surface area contributed by atoms with Gasteiger partial charge in [-0.25, -0.2) is 0 Å². The van der Waals surface area contributed by atoms with Crippen molar-refractivity contribution in [3.8, 4) is 0 Å². The summed E-state index contributed by atoms with van der Waals surface area (Å²) in [6.45, 7) is 7.30. The number of carbonyl (C=O) groups is 1. The number of carbonyl (C=O) groups excluding carboxylic acids is 1. The summed E-state index contributed by atoms with van der Waals surface area (Å²) in [6, 6.07) is 0. The number of Topliss-reactive ketones (excluding diaryl/α,β-unsaturated/α-hetero) is 1. The fourth-order valence-corrected chi connectivity index (χ4v) is 1.58. The van der Waals surface area contributed by atoms with Crippen molar-refractivity contribution >= 4 is 5.78 Å². The van der Waals surface area contributed by atoms with E-state index in [0.717, 1.165) is 0 Å². The molecule has 80 valence electrons. The Morgan fingerprint density at radius 3 is 2.57 bits per heavy atom. The largest absolute Gasteiger partial charge is 0.491 e. The molecule has 0 amide bonds. The van der Waals surface area contributed by atoms with Crippen LogP contribution in [0.25, 0.3) is 0 Å².